The molecule has 154 valence electrons. The predicted molar refractivity (Wildman–Crippen MR) is 120 cm³/mol. The molecule has 0 bridgehead atoms. The minimum atomic E-state index is -0.0890. The number of nitriles is 1. The molecule has 1 aliphatic carbocycles. The Bertz CT molecular complexity index is 1140. The zero-order valence-corrected chi connectivity index (χ0v) is 17.9. The number of fused-ring (bicyclic) bond motifs is 2. The van der Waals surface area contributed by atoms with E-state index < -0.39 is 0 Å². The van der Waals surface area contributed by atoms with Crippen LogP contribution >= 0.6 is 11.3 Å². The summed E-state index contributed by atoms with van der Waals surface area (Å²) < 4.78 is 1.61. The van der Waals surface area contributed by atoms with Gasteiger partial charge < -0.3 is 0 Å². The second-order valence-electron chi connectivity index (χ2n) is 8.50. The van der Waals surface area contributed by atoms with Crippen molar-refractivity contribution in [1.29, 1.82) is 5.26 Å². The summed E-state index contributed by atoms with van der Waals surface area (Å²) >= 11 is 1.52. The molecular weight excluding hydrogens is 392 g/mol. The summed E-state index contributed by atoms with van der Waals surface area (Å²) in [5, 5.41) is 12.1. The maximum atomic E-state index is 13.5. The average Bonchev–Trinajstić information content (AvgIpc) is 3.21. The van der Waals surface area contributed by atoms with Gasteiger partial charge in [-0.2, -0.15) is 5.26 Å². The fourth-order valence-corrected chi connectivity index (χ4v) is 6.31. The molecule has 0 amide bonds. The monoisotopic (exact) mass is 418 g/mol. The first-order valence-electron chi connectivity index (χ1n) is 10.9. The smallest absolute Gasteiger partial charge is 0.263 e. The number of benzene rings is 1. The summed E-state index contributed by atoms with van der Waals surface area (Å²) in [5.41, 5.74) is 1.84. The summed E-state index contributed by atoms with van der Waals surface area (Å²) in [6.07, 6.45) is 7.74. The number of rotatable bonds is 4. The number of thiophene rings is 1. The van der Waals surface area contributed by atoms with E-state index in [1.165, 1.54) is 49.9 Å². The second-order valence-corrected chi connectivity index (χ2v) is 9.36. The molecule has 2 aromatic heterocycles. The van der Waals surface area contributed by atoms with Gasteiger partial charge in [0.25, 0.3) is 5.56 Å². The van der Waals surface area contributed by atoms with Crippen LogP contribution in [-0.2, 0) is 13.1 Å². The van der Waals surface area contributed by atoms with Crippen LogP contribution in [0.1, 0.15) is 44.3 Å². The topological polar surface area (TPSA) is 61.9 Å². The van der Waals surface area contributed by atoms with Crippen molar-refractivity contribution in [3.63, 3.8) is 0 Å². The fraction of sp³-hybridized carbons (Fsp3) is 0.458. The molecule has 5 nitrogen and oxygen atoms in total. The van der Waals surface area contributed by atoms with Crippen molar-refractivity contribution in [2.45, 2.75) is 57.7 Å². The number of piperidine rings is 1. The SMILES string of the molecule is N#CCn1c(CN2CCC[C@H]3CCCC[C@H]32)nc2scc(-c3ccccc3)c2c1=O. The number of aromatic nitrogens is 2. The van der Waals surface area contributed by atoms with Gasteiger partial charge in [0.05, 0.1) is 18.0 Å². The van der Waals surface area contributed by atoms with Gasteiger partial charge in [-0.1, -0.05) is 43.2 Å². The van der Waals surface area contributed by atoms with Crippen LogP contribution in [0.2, 0.25) is 0 Å². The quantitative estimate of drug-likeness (QED) is 0.610. The summed E-state index contributed by atoms with van der Waals surface area (Å²) in [6, 6.07) is 12.7. The molecule has 3 heterocycles. The number of likely N-dealkylation sites (tertiary alicyclic amines) is 1. The van der Waals surface area contributed by atoms with Crippen LogP contribution < -0.4 is 5.56 Å². The molecule has 1 aromatic carbocycles. The van der Waals surface area contributed by atoms with Crippen molar-refractivity contribution in [3.05, 3.63) is 51.9 Å². The summed E-state index contributed by atoms with van der Waals surface area (Å²) in [6.45, 7) is 1.76. The zero-order valence-electron chi connectivity index (χ0n) is 17.1. The third kappa shape index (κ3) is 3.46. The summed E-state index contributed by atoms with van der Waals surface area (Å²) in [4.78, 5) is 21.7. The van der Waals surface area contributed by atoms with Crippen molar-refractivity contribution in [3.8, 4) is 17.2 Å². The van der Waals surface area contributed by atoms with Gasteiger partial charge in [0, 0.05) is 17.0 Å². The summed E-state index contributed by atoms with van der Waals surface area (Å²) in [5.74, 6) is 1.51. The van der Waals surface area contributed by atoms with Gasteiger partial charge in [-0.25, -0.2) is 4.98 Å². The number of hydrogen-bond donors (Lipinski definition) is 0. The Balaban J connectivity index is 1.56. The first-order chi connectivity index (χ1) is 14.8. The Labute approximate surface area is 180 Å². The molecule has 5 rings (SSSR count). The van der Waals surface area contributed by atoms with Crippen LogP contribution in [0.3, 0.4) is 0 Å². The molecule has 1 aliphatic heterocycles. The van der Waals surface area contributed by atoms with Crippen molar-refractivity contribution in [2.24, 2.45) is 5.92 Å². The van der Waals surface area contributed by atoms with Crippen LogP contribution in [0, 0.1) is 17.2 Å². The third-order valence-corrected chi connectivity index (χ3v) is 7.66. The molecule has 3 aromatic rings. The summed E-state index contributed by atoms with van der Waals surface area (Å²) in [7, 11) is 0. The molecule has 30 heavy (non-hydrogen) atoms. The molecule has 0 radical (unpaired) electrons. The van der Waals surface area contributed by atoms with E-state index in [9.17, 15) is 10.1 Å². The van der Waals surface area contributed by atoms with Crippen molar-refractivity contribution < 1.29 is 0 Å². The van der Waals surface area contributed by atoms with E-state index in [-0.39, 0.29) is 12.1 Å². The first kappa shape index (κ1) is 19.5. The second kappa shape index (κ2) is 8.33. The van der Waals surface area contributed by atoms with Crippen molar-refractivity contribution in [2.75, 3.05) is 6.54 Å². The van der Waals surface area contributed by atoms with Gasteiger partial charge in [-0.05, 0) is 43.7 Å². The van der Waals surface area contributed by atoms with Crippen LogP contribution in [0.15, 0.2) is 40.5 Å². The van der Waals surface area contributed by atoms with Gasteiger partial charge >= 0.3 is 0 Å². The van der Waals surface area contributed by atoms with Crippen LogP contribution in [0.25, 0.3) is 21.3 Å². The average molecular weight is 419 g/mol. The molecule has 0 N–H and O–H groups in total. The lowest BCUT2D eigenvalue weighted by Gasteiger charge is -2.44. The molecule has 2 atom stereocenters. The van der Waals surface area contributed by atoms with Gasteiger partial charge in [0.2, 0.25) is 0 Å². The molecule has 1 saturated heterocycles. The van der Waals surface area contributed by atoms with Crippen LogP contribution in [-0.4, -0.2) is 27.0 Å². The maximum absolute atomic E-state index is 13.5. The fourth-order valence-electron chi connectivity index (χ4n) is 5.36. The largest absolute Gasteiger partial charge is 0.293 e. The standard InChI is InChI=1S/C24H26N4OS/c25-12-14-28-21(15-27-13-6-10-18-9-4-5-11-20(18)27)26-23-22(24(28)29)19(16-30-23)17-7-2-1-3-8-17/h1-3,7-8,16,18,20H,4-6,9-11,13-15H2/t18-,20-/m1/s1. The Morgan fingerprint density at radius 1 is 1.13 bits per heavy atom. The normalized spacial score (nSPS) is 22.0. The van der Waals surface area contributed by atoms with Crippen molar-refractivity contribution >= 4 is 21.6 Å². The number of hydrogen-bond acceptors (Lipinski definition) is 5. The lowest BCUT2D eigenvalue weighted by Crippen LogP contribution is -2.47. The van der Waals surface area contributed by atoms with Gasteiger partial charge in [0.15, 0.2) is 0 Å². The highest BCUT2D eigenvalue weighted by molar-refractivity contribution is 7.17. The van der Waals surface area contributed by atoms with E-state index in [0.29, 0.717) is 18.0 Å². The van der Waals surface area contributed by atoms with Gasteiger partial charge in [-0.3, -0.25) is 14.3 Å². The van der Waals surface area contributed by atoms with E-state index in [2.05, 4.69) is 11.0 Å². The molecule has 0 spiro atoms. The van der Waals surface area contributed by atoms with E-state index >= 15 is 0 Å². The van der Waals surface area contributed by atoms with E-state index in [1.54, 1.807) is 4.57 Å². The molecule has 2 aliphatic rings. The predicted octanol–water partition coefficient (Wildman–Crippen LogP) is 4.80. The molecular formula is C24H26N4OS. The molecule has 0 unspecified atom stereocenters. The van der Waals surface area contributed by atoms with E-state index in [0.717, 1.165) is 34.2 Å². The maximum Gasteiger partial charge on any atom is 0.263 e. The van der Waals surface area contributed by atoms with Crippen molar-refractivity contribution in [1.82, 2.24) is 14.5 Å². The van der Waals surface area contributed by atoms with Crippen LogP contribution in [0.5, 0.6) is 0 Å². The van der Waals surface area contributed by atoms with E-state index in [1.807, 2.05) is 35.7 Å². The van der Waals surface area contributed by atoms with Gasteiger partial charge in [0.1, 0.15) is 17.2 Å². The Kier molecular flexibility index (Phi) is 5.41. The zero-order chi connectivity index (χ0) is 20.5. The minimum Gasteiger partial charge on any atom is -0.293 e. The highest BCUT2D eigenvalue weighted by Crippen LogP contribution is 2.36. The lowest BCUT2D eigenvalue weighted by molar-refractivity contribution is 0.0517. The van der Waals surface area contributed by atoms with Gasteiger partial charge in [-0.15, -0.1) is 11.3 Å². The Hall–Kier alpha value is -2.49. The molecule has 2 fully saturated rings. The highest BCUT2D eigenvalue weighted by atomic mass is 32.1. The Morgan fingerprint density at radius 3 is 2.77 bits per heavy atom. The highest BCUT2D eigenvalue weighted by Gasteiger charge is 2.33. The van der Waals surface area contributed by atoms with E-state index in [4.69, 9.17) is 4.98 Å². The molecule has 1 saturated carbocycles. The third-order valence-electron chi connectivity index (χ3n) is 6.79. The lowest BCUT2D eigenvalue weighted by atomic mass is 9.78. The first-order valence-corrected chi connectivity index (χ1v) is 11.8. The van der Waals surface area contributed by atoms with Crippen LogP contribution in [0.4, 0.5) is 0 Å². The Morgan fingerprint density at radius 2 is 1.93 bits per heavy atom. The number of nitrogens with zero attached hydrogens (tertiary/aromatic N) is 4. The molecule has 6 heteroatoms. The minimum absolute atomic E-state index is 0.0448.